The smallest absolute Gasteiger partial charge is 0.307 e. The average Bonchev–Trinajstić information content (AvgIpc) is 2.46. The molecule has 2 rings (SSSR count). The van der Waals surface area contributed by atoms with Crippen molar-refractivity contribution in [2.45, 2.75) is 32.1 Å². The van der Waals surface area contributed by atoms with Crippen molar-refractivity contribution < 1.29 is 19.5 Å². The fourth-order valence-electron chi connectivity index (χ4n) is 2.78. The molecule has 2 atom stereocenters. The topological polar surface area (TPSA) is 71.4 Å². The Morgan fingerprint density at radius 3 is 2.50 bits per heavy atom. The summed E-state index contributed by atoms with van der Waals surface area (Å²) in [6.07, 6.45) is 2.61. The molecule has 1 N–H and O–H groups in total. The zero-order chi connectivity index (χ0) is 14.5. The summed E-state index contributed by atoms with van der Waals surface area (Å²) in [6.45, 7) is 0. The summed E-state index contributed by atoms with van der Waals surface area (Å²) in [5.41, 5.74) is 0.502. The lowest BCUT2D eigenvalue weighted by molar-refractivity contribution is -0.147. The molecular weight excluding hydrogens is 256 g/mol. The lowest BCUT2D eigenvalue weighted by Gasteiger charge is -2.25. The van der Waals surface area contributed by atoms with E-state index in [1.54, 1.807) is 30.3 Å². The molecule has 20 heavy (non-hydrogen) atoms. The first-order chi connectivity index (χ1) is 9.59. The molecule has 0 amide bonds. The highest BCUT2D eigenvalue weighted by molar-refractivity contribution is 5.99. The zero-order valence-corrected chi connectivity index (χ0v) is 11.2. The molecule has 4 nitrogen and oxygen atoms in total. The summed E-state index contributed by atoms with van der Waals surface area (Å²) < 4.78 is 0. The molecule has 0 aromatic heterocycles. The van der Waals surface area contributed by atoms with Gasteiger partial charge in [0.15, 0.2) is 5.78 Å². The van der Waals surface area contributed by atoms with Crippen LogP contribution in [0.3, 0.4) is 0 Å². The maximum absolute atomic E-state index is 12.1. The van der Waals surface area contributed by atoms with E-state index < -0.39 is 17.8 Å². The number of carboxylic acids is 1. The normalized spacial score (nSPS) is 20.4. The first-order valence-corrected chi connectivity index (χ1v) is 6.93. The van der Waals surface area contributed by atoms with Gasteiger partial charge in [-0.3, -0.25) is 14.4 Å². The van der Waals surface area contributed by atoms with Crippen LogP contribution >= 0.6 is 0 Å². The van der Waals surface area contributed by atoms with Crippen molar-refractivity contribution in [1.82, 2.24) is 0 Å². The molecular formula is C16H18O4. The van der Waals surface area contributed by atoms with Crippen LogP contribution < -0.4 is 0 Å². The van der Waals surface area contributed by atoms with Crippen LogP contribution in [-0.2, 0) is 9.59 Å². The molecule has 0 bridgehead atoms. The van der Waals surface area contributed by atoms with E-state index in [1.165, 1.54) is 0 Å². The Labute approximate surface area is 117 Å². The van der Waals surface area contributed by atoms with Gasteiger partial charge in [0.1, 0.15) is 5.78 Å². The average molecular weight is 274 g/mol. The molecule has 1 aliphatic rings. The minimum atomic E-state index is -1.05. The van der Waals surface area contributed by atoms with Crippen LogP contribution in [0.5, 0.6) is 0 Å². The van der Waals surface area contributed by atoms with E-state index in [0.717, 1.165) is 12.8 Å². The maximum Gasteiger partial charge on any atom is 0.307 e. The minimum Gasteiger partial charge on any atom is -0.481 e. The van der Waals surface area contributed by atoms with Gasteiger partial charge < -0.3 is 5.11 Å². The molecule has 0 spiro atoms. The fraction of sp³-hybridized carbons (Fsp3) is 0.438. The summed E-state index contributed by atoms with van der Waals surface area (Å²) in [7, 11) is 0. The van der Waals surface area contributed by atoms with Crippen molar-refractivity contribution >= 4 is 17.5 Å². The van der Waals surface area contributed by atoms with Crippen LogP contribution in [-0.4, -0.2) is 22.6 Å². The van der Waals surface area contributed by atoms with Gasteiger partial charge in [-0.05, 0) is 12.8 Å². The summed E-state index contributed by atoms with van der Waals surface area (Å²) in [5.74, 6) is -2.67. The highest BCUT2D eigenvalue weighted by Gasteiger charge is 2.36. The Morgan fingerprint density at radius 2 is 1.90 bits per heavy atom. The van der Waals surface area contributed by atoms with Gasteiger partial charge in [0.2, 0.25) is 0 Å². The molecule has 0 radical (unpaired) electrons. The summed E-state index contributed by atoms with van der Waals surface area (Å²) in [6, 6.07) is 8.63. The molecule has 1 aliphatic carbocycles. The Balaban J connectivity index is 2.12. The van der Waals surface area contributed by atoms with E-state index in [4.69, 9.17) is 0 Å². The lowest BCUT2D eigenvalue weighted by atomic mass is 9.76. The number of carbonyl (C=O) groups is 3. The Hall–Kier alpha value is -1.97. The van der Waals surface area contributed by atoms with Crippen LogP contribution in [0.1, 0.15) is 42.5 Å². The third kappa shape index (κ3) is 3.32. The fourth-order valence-corrected chi connectivity index (χ4v) is 2.78. The van der Waals surface area contributed by atoms with Crippen LogP contribution in [0.4, 0.5) is 0 Å². The Bertz CT molecular complexity index is 506. The number of rotatable bonds is 5. The first kappa shape index (κ1) is 14.4. The molecule has 0 saturated heterocycles. The second-order valence-electron chi connectivity index (χ2n) is 5.26. The summed E-state index contributed by atoms with van der Waals surface area (Å²) in [5, 5.41) is 9.33. The minimum absolute atomic E-state index is 0.00971. The molecule has 4 heteroatoms. The van der Waals surface area contributed by atoms with Crippen LogP contribution in [0.15, 0.2) is 30.3 Å². The zero-order valence-electron chi connectivity index (χ0n) is 11.2. The second-order valence-corrected chi connectivity index (χ2v) is 5.26. The Morgan fingerprint density at radius 1 is 1.20 bits per heavy atom. The largest absolute Gasteiger partial charge is 0.481 e. The van der Waals surface area contributed by atoms with Gasteiger partial charge in [0, 0.05) is 24.3 Å². The van der Waals surface area contributed by atoms with E-state index in [1.807, 2.05) is 0 Å². The van der Waals surface area contributed by atoms with Gasteiger partial charge in [-0.1, -0.05) is 36.8 Å². The van der Waals surface area contributed by atoms with E-state index in [0.29, 0.717) is 18.4 Å². The number of hydrogen-bond donors (Lipinski definition) is 1. The van der Waals surface area contributed by atoms with Crippen molar-refractivity contribution in [3.63, 3.8) is 0 Å². The number of Topliss-reactive ketones (excluding diaryl/α,β-unsaturated/α-hetero) is 2. The summed E-state index contributed by atoms with van der Waals surface area (Å²) in [4.78, 5) is 35.4. The second kappa shape index (κ2) is 6.46. The standard InChI is InChI=1S/C16H18O4/c17-14-9-5-4-8-12(14)13(16(19)20)10-15(18)11-6-2-1-3-7-11/h1-3,6-7,12-13H,4-5,8-10H2,(H,19,20). The number of hydrogen-bond acceptors (Lipinski definition) is 3. The molecule has 2 unspecified atom stereocenters. The predicted octanol–water partition coefficient (Wildman–Crippen LogP) is 2.72. The van der Waals surface area contributed by atoms with Gasteiger partial charge in [-0.25, -0.2) is 0 Å². The van der Waals surface area contributed by atoms with Gasteiger partial charge in [0.05, 0.1) is 5.92 Å². The first-order valence-electron chi connectivity index (χ1n) is 6.93. The van der Waals surface area contributed by atoms with Gasteiger partial charge in [0.25, 0.3) is 0 Å². The quantitative estimate of drug-likeness (QED) is 0.838. The lowest BCUT2D eigenvalue weighted by Crippen LogP contribution is -2.33. The number of aliphatic carboxylic acids is 1. The molecule has 1 aromatic carbocycles. The SMILES string of the molecule is O=C(CC(C(=O)O)C1CCCCC1=O)c1ccccc1. The van der Waals surface area contributed by atoms with Crippen molar-refractivity contribution in [3.8, 4) is 0 Å². The highest BCUT2D eigenvalue weighted by atomic mass is 16.4. The van der Waals surface area contributed by atoms with Crippen molar-refractivity contribution in [2.75, 3.05) is 0 Å². The van der Waals surface area contributed by atoms with Crippen LogP contribution in [0, 0.1) is 11.8 Å². The molecule has 1 fully saturated rings. The van der Waals surface area contributed by atoms with Crippen LogP contribution in [0.2, 0.25) is 0 Å². The third-order valence-corrected chi connectivity index (χ3v) is 3.91. The van der Waals surface area contributed by atoms with E-state index >= 15 is 0 Å². The number of carboxylic acid groups (broad SMARTS) is 1. The van der Waals surface area contributed by atoms with Gasteiger partial charge in [-0.2, -0.15) is 0 Å². The van der Waals surface area contributed by atoms with E-state index in [9.17, 15) is 19.5 Å². The van der Waals surface area contributed by atoms with Crippen LogP contribution in [0.25, 0.3) is 0 Å². The molecule has 106 valence electrons. The van der Waals surface area contributed by atoms with Gasteiger partial charge >= 0.3 is 5.97 Å². The van der Waals surface area contributed by atoms with E-state index in [-0.39, 0.29) is 18.0 Å². The van der Waals surface area contributed by atoms with Crippen molar-refractivity contribution in [3.05, 3.63) is 35.9 Å². The number of benzene rings is 1. The third-order valence-electron chi connectivity index (χ3n) is 3.91. The molecule has 0 heterocycles. The maximum atomic E-state index is 12.1. The predicted molar refractivity (Wildman–Crippen MR) is 73.5 cm³/mol. The molecule has 1 aromatic rings. The monoisotopic (exact) mass is 274 g/mol. The number of carbonyl (C=O) groups excluding carboxylic acids is 2. The van der Waals surface area contributed by atoms with Crippen molar-refractivity contribution in [1.29, 1.82) is 0 Å². The van der Waals surface area contributed by atoms with Gasteiger partial charge in [-0.15, -0.1) is 0 Å². The molecule has 0 aliphatic heterocycles. The molecule has 1 saturated carbocycles. The van der Waals surface area contributed by atoms with Crippen molar-refractivity contribution in [2.24, 2.45) is 11.8 Å². The van der Waals surface area contributed by atoms with E-state index in [2.05, 4.69) is 0 Å². The Kier molecular flexibility index (Phi) is 4.66. The number of ketones is 2. The summed E-state index contributed by atoms with van der Waals surface area (Å²) >= 11 is 0. The highest BCUT2D eigenvalue weighted by Crippen LogP contribution is 2.30.